The Morgan fingerprint density at radius 2 is 2.04 bits per heavy atom. The number of aliphatic hydroxyl groups is 1. The van der Waals surface area contributed by atoms with Crippen LogP contribution < -0.4 is 11.1 Å². The van der Waals surface area contributed by atoms with Crippen molar-refractivity contribution < 1.29 is 9.90 Å². The Balaban J connectivity index is 2.07. The van der Waals surface area contributed by atoms with Crippen LogP contribution in [0, 0.1) is 11.8 Å². The Morgan fingerprint density at radius 1 is 1.32 bits per heavy atom. The molecule has 0 bridgehead atoms. The molecule has 28 heavy (non-hydrogen) atoms. The van der Waals surface area contributed by atoms with Crippen LogP contribution in [0.4, 0.5) is 0 Å². The Kier molecular flexibility index (Phi) is 8.42. The predicted molar refractivity (Wildman–Crippen MR) is 111 cm³/mol. The summed E-state index contributed by atoms with van der Waals surface area (Å²) >= 11 is 0. The van der Waals surface area contributed by atoms with E-state index >= 15 is 0 Å². The molecule has 0 saturated heterocycles. The van der Waals surface area contributed by atoms with Crippen molar-refractivity contribution in [3.8, 4) is 0 Å². The highest BCUT2D eigenvalue weighted by atomic mass is 16.3. The average molecular weight is 385 g/mol. The van der Waals surface area contributed by atoms with Gasteiger partial charge in [-0.15, -0.1) is 6.58 Å². The van der Waals surface area contributed by atoms with Gasteiger partial charge in [0.15, 0.2) is 0 Å². The number of nitrogens with two attached hydrogens (primary N) is 1. The molecule has 0 radical (unpaired) electrons. The summed E-state index contributed by atoms with van der Waals surface area (Å²) in [7, 11) is 0. The maximum atomic E-state index is 12.7. The lowest BCUT2D eigenvalue weighted by atomic mass is 9.86. The zero-order valence-corrected chi connectivity index (χ0v) is 16.7. The van der Waals surface area contributed by atoms with E-state index in [2.05, 4.69) is 35.7 Å². The highest BCUT2D eigenvalue weighted by Crippen LogP contribution is 2.21. The number of allylic oxidation sites excluding steroid dienone is 1. The van der Waals surface area contributed by atoms with Crippen LogP contribution in [0.2, 0.25) is 0 Å². The van der Waals surface area contributed by atoms with Crippen molar-refractivity contribution in [2.45, 2.75) is 51.3 Å². The van der Waals surface area contributed by atoms with E-state index in [9.17, 15) is 9.90 Å². The molecule has 152 valence electrons. The van der Waals surface area contributed by atoms with Crippen molar-refractivity contribution >= 4 is 5.91 Å². The zero-order chi connectivity index (χ0) is 20.5. The summed E-state index contributed by atoms with van der Waals surface area (Å²) in [4.78, 5) is 19.6. The van der Waals surface area contributed by atoms with Gasteiger partial charge in [-0.3, -0.25) is 4.79 Å². The first-order chi connectivity index (χ1) is 13.4. The third-order valence-electron chi connectivity index (χ3n) is 5.09. The molecule has 2 aromatic rings. The molecule has 0 saturated carbocycles. The molecule has 2 rings (SSSR count). The summed E-state index contributed by atoms with van der Waals surface area (Å²) in [6.45, 7) is 8.08. The molecule has 0 aliphatic carbocycles. The number of aromatic amines is 1. The van der Waals surface area contributed by atoms with Crippen LogP contribution in [0.15, 0.2) is 55.5 Å². The fourth-order valence-corrected chi connectivity index (χ4v) is 3.25. The van der Waals surface area contributed by atoms with E-state index < -0.39 is 18.2 Å². The van der Waals surface area contributed by atoms with E-state index in [-0.39, 0.29) is 11.8 Å². The second-order valence-electron chi connectivity index (χ2n) is 7.64. The lowest BCUT2D eigenvalue weighted by Gasteiger charge is -2.29. The average Bonchev–Trinajstić information content (AvgIpc) is 3.18. The van der Waals surface area contributed by atoms with E-state index in [1.54, 1.807) is 12.5 Å². The topological polar surface area (TPSA) is 104 Å². The molecule has 0 spiro atoms. The minimum absolute atomic E-state index is 0.170. The molecule has 0 aliphatic heterocycles. The van der Waals surface area contributed by atoms with Crippen LogP contribution in [0.5, 0.6) is 0 Å². The van der Waals surface area contributed by atoms with Crippen LogP contribution >= 0.6 is 0 Å². The molecule has 0 unspecified atom stereocenters. The fourth-order valence-electron chi connectivity index (χ4n) is 3.25. The van der Waals surface area contributed by atoms with Gasteiger partial charge in [0.25, 0.3) is 0 Å². The van der Waals surface area contributed by atoms with Crippen molar-refractivity contribution in [3.05, 3.63) is 66.8 Å². The number of hydrogen-bond acceptors (Lipinski definition) is 4. The molecule has 0 fully saturated rings. The first-order valence-electron chi connectivity index (χ1n) is 9.78. The zero-order valence-electron chi connectivity index (χ0n) is 16.7. The SMILES string of the molecule is C=C[C@@H](C[C@H](O)[C@H](Cc1ccccc1)NC(=O)[C@@H](N)Cc1cnc[nH]1)C(C)C. The first-order valence-corrected chi connectivity index (χ1v) is 9.78. The number of H-pyrrole nitrogens is 1. The minimum Gasteiger partial charge on any atom is -0.391 e. The Bertz CT molecular complexity index is 715. The minimum atomic E-state index is -0.716. The summed E-state index contributed by atoms with van der Waals surface area (Å²) in [5, 5.41) is 13.9. The van der Waals surface area contributed by atoms with Crippen LogP contribution in [0.1, 0.15) is 31.5 Å². The van der Waals surface area contributed by atoms with Crippen molar-refractivity contribution in [1.29, 1.82) is 0 Å². The number of aliphatic hydroxyl groups excluding tert-OH is 1. The summed E-state index contributed by atoms with van der Waals surface area (Å²) in [6, 6.07) is 8.68. The van der Waals surface area contributed by atoms with E-state index in [1.807, 2.05) is 36.4 Å². The molecule has 6 nitrogen and oxygen atoms in total. The van der Waals surface area contributed by atoms with E-state index in [0.717, 1.165) is 11.3 Å². The third kappa shape index (κ3) is 6.62. The summed E-state index contributed by atoms with van der Waals surface area (Å²) < 4.78 is 0. The summed E-state index contributed by atoms with van der Waals surface area (Å²) in [5.41, 5.74) is 7.92. The van der Waals surface area contributed by atoms with Gasteiger partial charge in [0.1, 0.15) is 0 Å². The number of imidazole rings is 1. The molecule has 6 heteroatoms. The van der Waals surface area contributed by atoms with Gasteiger partial charge in [-0.05, 0) is 30.2 Å². The van der Waals surface area contributed by atoms with Gasteiger partial charge in [-0.1, -0.05) is 50.3 Å². The van der Waals surface area contributed by atoms with Crippen molar-refractivity contribution in [2.24, 2.45) is 17.6 Å². The number of carbonyl (C=O) groups is 1. The number of benzene rings is 1. The monoisotopic (exact) mass is 384 g/mol. The Hall–Kier alpha value is -2.44. The Morgan fingerprint density at radius 3 is 2.61 bits per heavy atom. The normalized spacial score (nSPS) is 15.6. The summed E-state index contributed by atoms with van der Waals surface area (Å²) in [5.74, 6) is 0.251. The molecule has 4 atom stereocenters. The standard InChI is InChI=1S/C22H32N4O2/c1-4-17(15(2)3)11-21(27)20(10-16-8-6-5-7-9-16)26-22(28)19(23)12-18-13-24-14-25-18/h4-9,13-15,17,19-21,27H,1,10-12,23H2,2-3H3,(H,24,25)(H,26,28)/t17-,19-,20-,21-/m0/s1. The van der Waals surface area contributed by atoms with Gasteiger partial charge in [-0.2, -0.15) is 0 Å². The number of carbonyl (C=O) groups excluding carboxylic acids is 1. The van der Waals surface area contributed by atoms with Gasteiger partial charge in [0.2, 0.25) is 5.91 Å². The number of aromatic nitrogens is 2. The van der Waals surface area contributed by atoms with Gasteiger partial charge in [0.05, 0.1) is 24.5 Å². The highest BCUT2D eigenvalue weighted by molar-refractivity contribution is 5.82. The summed E-state index contributed by atoms with van der Waals surface area (Å²) in [6.07, 6.45) is 5.82. The van der Waals surface area contributed by atoms with Gasteiger partial charge in [-0.25, -0.2) is 4.98 Å². The molecular formula is C22H32N4O2. The predicted octanol–water partition coefficient (Wildman–Crippen LogP) is 2.22. The molecule has 5 N–H and O–H groups in total. The van der Waals surface area contributed by atoms with E-state index in [0.29, 0.717) is 25.2 Å². The smallest absolute Gasteiger partial charge is 0.237 e. The molecule has 0 aliphatic rings. The second-order valence-corrected chi connectivity index (χ2v) is 7.64. The van der Waals surface area contributed by atoms with Crippen LogP contribution in [-0.4, -0.2) is 39.2 Å². The lowest BCUT2D eigenvalue weighted by molar-refractivity contribution is -0.124. The van der Waals surface area contributed by atoms with Gasteiger partial charge < -0.3 is 21.1 Å². The highest BCUT2D eigenvalue weighted by Gasteiger charge is 2.27. The molecule has 1 aromatic heterocycles. The van der Waals surface area contributed by atoms with Crippen molar-refractivity contribution in [2.75, 3.05) is 0 Å². The number of rotatable bonds is 11. The first kappa shape index (κ1) is 21.9. The largest absolute Gasteiger partial charge is 0.391 e. The third-order valence-corrected chi connectivity index (χ3v) is 5.09. The van der Waals surface area contributed by atoms with Crippen molar-refractivity contribution in [3.63, 3.8) is 0 Å². The molecular weight excluding hydrogens is 352 g/mol. The molecule has 1 heterocycles. The van der Waals surface area contributed by atoms with Crippen LogP contribution in [0.3, 0.4) is 0 Å². The maximum absolute atomic E-state index is 12.7. The number of amides is 1. The number of hydrogen-bond donors (Lipinski definition) is 4. The van der Waals surface area contributed by atoms with E-state index in [4.69, 9.17) is 5.73 Å². The van der Waals surface area contributed by atoms with Gasteiger partial charge >= 0.3 is 0 Å². The quantitative estimate of drug-likeness (QED) is 0.446. The second kappa shape index (κ2) is 10.8. The lowest BCUT2D eigenvalue weighted by Crippen LogP contribution is -2.51. The molecule has 1 amide bonds. The Labute approximate surface area is 167 Å². The number of nitrogens with one attached hydrogen (secondary N) is 2. The van der Waals surface area contributed by atoms with Crippen LogP contribution in [-0.2, 0) is 17.6 Å². The van der Waals surface area contributed by atoms with E-state index in [1.165, 1.54) is 0 Å². The number of nitrogens with zero attached hydrogens (tertiary/aromatic N) is 1. The fraction of sp³-hybridized carbons (Fsp3) is 0.455. The van der Waals surface area contributed by atoms with Crippen molar-refractivity contribution in [1.82, 2.24) is 15.3 Å². The maximum Gasteiger partial charge on any atom is 0.237 e. The molecule has 1 aromatic carbocycles. The van der Waals surface area contributed by atoms with Crippen LogP contribution in [0.25, 0.3) is 0 Å². The van der Waals surface area contributed by atoms with Gasteiger partial charge in [0, 0.05) is 18.3 Å².